The Morgan fingerprint density at radius 3 is 2.58 bits per heavy atom. The molecule has 4 fully saturated rings. The second kappa shape index (κ2) is 2.99. The van der Waals surface area contributed by atoms with Crippen LogP contribution in [0.5, 0.6) is 0 Å². The molecule has 19 heavy (non-hydrogen) atoms. The molecule has 5 atom stereocenters. The van der Waals surface area contributed by atoms with Crippen LogP contribution in [0.25, 0.3) is 0 Å². The van der Waals surface area contributed by atoms with Crippen molar-refractivity contribution in [2.24, 2.45) is 28.1 Å². The molecule has 2 heterocycles. The molecule has 0 N–H and O–H groups in total. The van der Waals surface area contributed by atoms with Gasteiger partial charge in [-0.15, -0.1) is 0 Å². The summed E-state index contributed by atoms with van der Waals surface area (Å²) in [6, 6.07) is 0. The van der Waals surface area contributed by atoms with Crippen molar-refractivity contribution in [3.63, 3.8) is 0 Å². The van der Waals surface area contributed by atoms with E-state index < -0.39 is 6.29 Å². The predicted molar refractivity (Wildman–Crippen MR) is 65.7 cm³/mol. The molecule has 0 aromatic carbocycles. The number of ether oxygens (including phenoxy) is 2. The van der Waals surface area contributed by atoms with Crippen LogP contribution in [-0.4, -0.2) is 18.2 Å². The Labute approximate surface area is 112 Å². The molecule has 0 amide bonds. The van der Waals surface area contributed by atoms with Gasteiger partial charge in [0.25, 0.3) is 6.29 Å². The van der Waals surface area contributed by atoms with Crippen molar-refractivity contribution in [2.75, 3.05) is 0 Å². The highest BCUT2D eigenvalue weighted by Gasteiger charge is 2.80. The van der Waals surface area contributed by atoms with Crippen LogP contribution in [0.2, 0.25) is 0 Å². The molecular formula is C15H20O4. The zero-order chi connectivity index (χ0) is 13.6. The lowest BCUT2D eigenvalue weighted by Crippen LogP contribution is -2.54. The van der Waals surface area contributed by atoms with Gasteiger partial charge >= 0.3 is 11.9 Å². The lowest BCUT2D eigenvalue weighted by Gasteiger charge is -2.48. The van der Waals surface area contributed by atoms with Gasteiger partial charge in [-0.1, -0.05) is 20.8 Å². The number of carbonyl (C=O) groups is 2. The number of carbonyl (C=O) groups excluding carboxylic acids is 2. The van der Waals surface area contributed by atoms with E-state index in [9.17, 15) is 9.59 Å². The molecule has 0 aromatic rings. The van der Waals surface area contributed by atoms with Gasteiger partial charge in [-0.25, -0.2) is 0 Å². The second-order valence-electron chi connectivity index (χ2n) is 7.78. The minimum absolute atomic E-state index is 0.0672. The van der Waals surface area contributed by atoms with Crippen LogP contribution in [0.4, 0.5) is 0 Å². The fraction of sp³-hybridized carbons (Fsp3) is 0.867. The van der Waals surface area contributed by atoms with Gasteiger partial charge in [0, 0.05) is 0 Å². The molecule has 2 saturated carbocycles. The molecule has 4 aliphatic rings. The van der Waals surface area contributed by atoms with E-state index in [0.29, 0.717) is 12.3 Å². The van der Waals surface area contributed by atoms with Crippen LogP contribution in [0, 0.1) is 28.1 Å². The van der Waals surface area contributed by atoms with E-state index in [4.69, 9.17) is 9.47 Å². The van der Waals surface area contributed by atoms with Gasteiger partial charge in [0.1, 0.15) is 0 Å². The van der Waals surface area contributed by atoms with Crippen molar-refractivity contribution < 1.29 is 19.1 Å². The van der Waals surface area contributed by atoms with E-state index >= 15 is 0 Å². The maximum atomic E-state index is 12.2. The number of esters is 2. The van der Waals surface area contributed by atoms with Gasteiger partial charge < -0.3 is 9.47 Å². The van der Waals surface area contributed by atoms with Gasteiger partial charge in [0.15, 0.2) is 0 Å². The molecule has 2 aliphatic carbocycles. The van der Waals surface area contributed by atoms with Crippen molar-refractivity contribution in [2.45, 2.75) is 52.7 Å². The zero-order valence-corrected chi connectivity index (χ0v) is 11.7. The summed E-state index contributed by atoms with van der Waals surface area (Å²) in [5.41, 5.74) is -0.278. The highest BCUT2D eigenvalue weighted by atomic mass is 16.7. The van der Waals surface area contributed by atoms with Crippen LogP contribution in [0.15, 0.2) is 0 Å². The molecule has 0 aromatic heterocycles. The largest absolute Gasteiger partial charge is 0.424 e. The van der Waals surface area contributed by atoms with Crippen LogP contribution in [-0.2, 0) is 19.1 Å². The van der Waals surface area contributed by atoms with Crippen molar-refractivity contribution in [3.8, 4) is 0 Å². The summed E-state index contributed by atoms with van der Waals surface area (Å²) < 4.78 is 10.9. The first-order valence-electron chi connectivity index (χ1n) is 7.21. The molecule has 104 valence electrons. The van der Waals surface area contributed by atoms with Gasteiger partial charge in [0.05, 0.1) is 17.8 Å². The van der Waals surface area contributed by atoms with E-state index in [-0.39, 0.29) is 34.1 Å². The van der Waals surface area contributed by atoms with Crippen LogP contribution in [0.1, 0.15) is 46.5 Å². The summed E-state index contributed by atoms with van der Waals surface area (Å²) in [4.78, 5) is 24.1. The maximum Gasteiger partial charge on any atom is 0.312 e. The van der Waals surface area contributed by atoms with E-state index in [1.165, 1.54) is 0 Å². The Hall–Kier alpha value is -1.06. The third-order valence-corrected chi connectivity index (χ3v) is 6.40. The summed E-state index contributed by atoms with van der Waals surface area (Å²) in [6.45, 7) is 6.70. The maximum absolute atomic E-state index is 12.2. The Morgan fingerprint density at radius 2 is 1.84 bits per heavy atom. The lowest BCUT2D eigenvalue weighted by atomic mass is 9.58. The fourth-order valence-electron chi connectivity index (χ4n) is 6.24. The minimum atomic E-state index is -0.634. The van der Waals surface area contributed by atoms with Gasteiger partial charge in [-0.3, -0.25) is 9.59 Å². The lowest BCUT2D eigenvalue weighted by molar-refractivity contribution is -0.228. The number of hydrogen-bond acceptors (Lipinski definition) is 4. The van der Waals surface area contributed by atoms with Gasteiger partial charge in [-0.2, -0.15) is 0 Å². The highest BCUT2D eigenvalue weighted by Crippen LogP contribution is 2.77. The van der Waals surface area contributed by atoms with Crippen molar-refractivity contribution >= 4 is 11.9 Å². The Balaban J connectivity index is 1.95. The fourth-order valence-corrected chi connectivity index (χ4v) is 6.24. The molecule has 0 radical (unpaired) electrons. The topological polar surface area (TPSA) is 52.6 Å². The van der Waals surface area contributed by atoms with E-state index in [0.717, 1.165) is 19.3 Å². The second-order valence-corrected chi connectivity index (χ2v) is 7.78. The SMILES string of the molecule is CC1(C)C[C@]2(C)CC(=O)O[C@H]3OC(=O)[C@@H]4CC[C@@H]1C342. The first-order valence-corrected chi connectivity index (χ1v) is 7.21. The van der Waals surface area contributed by atoms with Crippen molar-refractivity contribution in [1.29, 1.82) is 0 Å². The Kier molecular flexibility index (Phi) is 1.85. The third kappa shape index (κ3) is 1.05. The molecule has 1 spiro atoms. The molecular weight excluding hydrogens is 244 g/mol. The molecule has 0 bridgehead atoms. The molecule has 4 rings (SSSR count). The summed E-state index contributed by atoms with van der Waals surface area (Å²) in [5, 5.41) is 0. The average molecular weight is 264 g/mol. The molecule has 1 unspecified atom stereocenters. The zero-order valence-electron chi connectivity index (χ0n) is 11.7. The molecule has 4 heteroatoms. The van der Waals surface area contributed by atoms with E-state index in [1.54, 1.807) is 0 Å². The van der Waals surface area contributed by atoms with Crippen molar-refractivity contribution in [3.05, 3.63) is 0 Å². The molecule has 2 saturated heterocycles. The van der Waals surface area contributed by atoms with Gasteiger partial charge in [-0.05, 0) is 36.0 Å². The summed E-state index contributed by atoms with van der Waals surface area (Å²) in [6.07, 6.45) is 2.71. The number of hydrogen-bond donors (Lipinski definition) is 0. The summed E-state index contributed by atoms with van der Waals surface area (Å²) in [7, 11) is 0. The Morgan fingerprint density at radius 1 is 1.11 bits per heavy atom. The van der Waals surface area contributed by atoms with Crippen LogP contribution >= 0.6 is 0 Å². The monoisotopic (exact) mass is 264 g/mol. The summed E-state index contributed by atoms with van der Waals surface area (Å²) in [5.74, 6) is -0.0111. The van der Waals surface area contributed by atoms with E-state index in [1.807, 2.05) is 0 Å². The smallest absolute Gasteiger partial charge is 0.312 e. The van der Waals surface area contributed by atoms with E-state index in [2.05, 4.69) is 20.8 Å². The molecule has 2 aliphatic heterocycles. The quantitative estimate of drug-likeness (QED) is 0.630. The predicted octanol–water partition coefficient (Wildman–Crippen LogP) is 2.27. The third-order valence-electron chi connectivity index (χ3n) is 6.40. The summed E-state index contributed by atoms with van der Waals surface area (Å²) >= 11 is 0. The van der Waals surface area contributed by atoms with Crippen LogP contribution in [0.3, 0.4) is 0 Å². The van der Waals surface area contributed by atoms with Crippen LogP contribution < -0.4 is 0 Å². The minimum Gasteiger partial charge on any atom is -0.424 e. The normalized spacial score (nSPS) is 53.5. The standard InChI is InChI=1S/C15H20O4/c1-13(2)7-14(3)6-10(16)18-12-15(14)8(11(17)19-12)4-5-9(13)15/h8-9,12H,4-7H2,1-3H3/t8-,9-,12-,14-,15?/m0/s1. The molecule has 4 nitrogen and oxygen atoms in total. The van der Waals surface area contributed by atoms with Crippen molar-refractivity contribution in [1.82, 2.24) is 0 Å². The number of rotatable bonds is 0. The Bertz CT molecular complexity index is 494. The average Bonchev–Trinajstić information content (AvgIpc) is 2.80. The first kappa shape index (κ1) is 11.7. The van der Waals surface area contributed by atoms with Gasteiger partial charge in [0.2, 0.25) is 0 Å². The first-order chi connectivity index (χ1) is 8.81. The highest BCUT2D eigenvalue weighted by molar-refractivity contribution is 5.80.